The Morgan fingerprint density at radius 2 is 2.00 bits per heavy atom. The molecule has 0 saturated heterocycles. The fraction of sp³-hybridized carbons (Fsp3) is 0.188. The molecule has 0 saturated carbocycles. The first kappa shape index (κ1) is 15.2. The second kappa shape index (κ2) is 6.50. The van der Waals surface area contributed by atoms with E-state index in [1.807, 2.05) is 24.3 Å². The first-order valence-electron chi connectivity index (χ1n) is 6.69. The van der Waals surface area contributed by atoms with Crippen molar-refractivity contribution in [3.8, 4) is 0 Å². The number of para-hydroxylation sites is 1. The molecule has 21 heavy (non-hydrogen) atoms. The van der Waals surface area contributed by atoms with Crippen molar-refractivity contribution in [2.75, 3.05) is 11.4 Å². The van der Waals surface area contributed by atoms with Crippen LogP contribution in [0.2, 0.25) is 5.02 Å². The zero-order valence-electron chi connectivity index (χ0n) is 12.0. The Hall–Kier alpha value is -2.20. The van der Waals surface area contributed by atoms with Gasteiger partial charge in [0.05, 0.1) is 5.02 Å². The maximum absolute atomic E-state index is 8.75. The van der Waals surface area contributed by atoms with Crippen LogP contribution in [-0.4, -0.2) is 17.6 Å². The number of amidine groups is 1. The van der Waals surface area contributed by atoms with E-state index in [2.05, 4.69) is 36.0 Å². The highest BCUT2D eigenvalue weighted by atomic mass is 35.5. The number of benzene rings is 2. The van der Waals surface area contributed by atoms with Gasteiger partial charge in [0.25, 0.3) is 0 Å². The van der Waals surface area contributed by atoms with E-state index < -0.39 is 0 Å². The summed E-state index contributed by atoms with van der Waals surface area (Å²) < 4.78 is 0. The fourth-order valence-corrected chi connectivity index (χ4v) is 2.56. The van der Waals surface area contributed by atoms with Crippen molar-refractivity contribution in [1.82, 2.24) is 0 Å². The van der Waals surface area contributed by atoms with Crippen LogP contribution in [0.3, 0.4) is 0 Å². The molecule has 0 amide bonds. The molecule has 0 fully saturated rings. The summed E-state index contributed by atoms with van der Waals surface area (Å²) in [5, 5.41) is 12.2. The zero-order chi connectivity index (χ0) is 15.4. The molecule has 0 unspecified atom stereocenters. The minimum absolute atomic E-state index is 0.00508. The molecule has 5 heteroatoms. The lowest BCUT2D eigenvalue weighted by atomic mass is 10.1. The monoisotopic (exact) mass is 303 g/mol. The van der Waals surface area contributed by atoms with Gasteiger partial charge in [-0.15, -0.1) is 0 Å². The van der Waals surface area contributed by atoms with Gasteiger partial charge < -0.3 is 15.8 Å². The number of nitrogens with two attached hydrogens (primary N) is 1. The van der Waals surface area contributed by atoms with E-state index in [0.29, 0.717) is 10.6 Å². The molecular weight excluding hydrogens is 286 g/mol. The second-order valence-electron chi connectivity index (χ2n) is 4.68. The van der Waals surface area contributed by atoms with Gasteiger partial charge in [0.15, 0.2) is 5.84 Å². The minimum Gasteiger partial charge on any atom is -0.409 e. The highest BCUT2D eigenvalue weighted by Crippen LogP contribution is 2.31. The number of aryl methyl sites for hydroxylation is 1. The number of anilines is 2. The van der Waals surface area contributed by atoms with Crippen LogP contribution in [0, 0.1) is 6.92 Å². The van der Waals surface area contributed by atoms with Crippen LogP contribution in [0.15, 0.2) is 47.6 Å². The summed E-state index contributed by atoms with van der Waals surface area (Å²) in [4.78, 5) is 2.16. The SMILES string of the molecule is CCN(c1ccc(C(N)=NO)c(Cl)c1)c1ccccc1C. The van der Waals surface area contributed by atoms with Crippen LogP contribution in [0.5, 0.6) is 0 Å². The van der Waals surface area contributed by atoms with Crippen molar-refractivity contribution in [1.29, 1.82) is 0 Å². The average Bonchev–Trinajstić information content (AvgIpc) is 2.49. The number of halogens is 1. The van der Waals surface area contributed by atoms with Crippen molar-refractivity contribution >= 4 is 28.8 Å². The van der Waals surface area contributed by atoms with E-state index in [-0.39, 0.29) is 5.84 Å². The molecule has 4 nitrogen and oxygen atoms in total. The van der Waals surface area contributed by atoms with Gasteiger partial charge in [0, 0.05) is 23.5 Å². The molecule has 0 aliphatic rings. The predicted octanol–water partition coefficient (Wildman–Crippen LogP) is 3.90. The number of nitrogens with zero attached hydrogens (tertiary/aromatic N) is 2. The quantitative estimate of drug-likeness (QED) is 0.390. The Kier molecular flexibility index (Phi) is 4.70. The Balaban J connectivity index is 2.45. The third kappa shape index (κ3) is 3.11. The van der Waals surface area contributed by atoms with Gasteiger partial charge in [-0.1, -0.05) is 35.0 Å². The molecule has 110 valence electrons. The summed E-state index contributed by atoms with van der Waals surface area (Å²) in [6, 6.07) is 13.7. The first-order chi connectivity index (χ1) is 10.1. The summed E-state index contributed by atoms with van der Waals surface area (Å²) in [5.41, 5.74) is 9.40. The molecule has 0 heterocycles. The summed E-state index contributed by atoms with van der Waals surface area (Å²) in [5.74, 6) is 0.00508. The van der Waals surface area contributed by atoms with Crippen LogP contribution < -0.4 is 10.6 Å². The molecule has 2 rings (SSSR count). The Bertz CT molecular complexity index is 670. The van der Waals surface area contributed by atoms with Crippen molar-refractivity contribution in [3.05, 3.63) is 58.6 Å². The van der Waals surface area contributed by atoms with Gasteiger partial charge in [-0.25, -0.2) is 0 Å². The molecule has 0 aliphatic heterocycles. The van der Waals surface area contributed by atoms with E-state index >= 15 is 0 Å². The zero-order valence-corrected chi connectivity index (χ0v) is 12.8. The Labute approximate surface area is 129 Å². The standard InChI is InChI=1S/C16H18ClN3O/c1-3-20(15-7-5-4-6-11(15)2)12-8-9-13(14(17)10-12)16(18)19-21/h4-10,21H,3H2,1-2H3,(H2,18,19). The molecule has 2 aromatic carbocycles. The van der Waals surface area contributed by atoms with Gasteiger partial charge >= 0.3 is 0 Å². The van der Waals surface area contributed by atoms with Gasteiger partial charge in [0.2, 0.25) is 0 Å². The number of oxime groups is 1. The highest BCUT2D eigenvalue weighted by Gasteiger charge is 2.12. The van der Waals surface area contributed by atoms with Crippen molar-refractivity contribution < 1.29 is 5.21 Å². The average molecular weight is 304 g/mol. The number of rotatable bonds is 4. The van der Waals surface area contributed by atoms with Crippen molar-refractivity contribution in [2.45, 2.75) is 13.8 Å². The molecule has 0 aliphatic carbocycles. The molecule has 2 aromatic rings. The summed E-state index contributed by atoms with van der Waals surface area (Å²) in [6.07, 6.45) is 0. The fourth-order valence-electron chi connectivity index (χ4n) is 2.29. The maximum atomic E-state index is 8.75. The number of hydrogen-bond acceptors (Lipinski definition) is 3. The Morgan fingerprint density at radius 1 is 1.29 bits per heavy atom. The normalized spacial score (nSPS) is 11.5. The third-order valence-electron chi connectivity index (χ3n) is 3.37. The highest BCUT2D eigenvalue weighted by molar-refractivity contribution is 6.34. The maximum Gasteiger partial charge on any atom is 0.171 e. The third-order valence-corrected chi connectivity index (χ3v) is 3.68. The van der Waals surface area contributed by atoms with Crippen LogP contribution in [0.4, 0.5) is 11.4 Å². The van der Waals surface area contributed by atoms with Gasteiger partial charge in [-0.2, -0.15) is 0 Å². The molecular formula is C16H18ClN3O. The summed E-state index contributed by atoms with van der Waals surface area (Å²) in [6.45, 7) is 4.96. The van der Waals surface area contributed by atoms with Crippen LogP contribution >= 0.6 is 11.6 Å². The smallest absolute Gasteiger partial charge is 0.171 e. The van der Waals surface area contributed by atoms with E-state index in [9.17, 15) is 0 Å². The van der Waals surface area contributed by atoms with Gasteiger partial charge in [-0.05, 0) is 43.7 Å². The van der Waals surface area contributed by atoms with Crippen LogP contribution in [0.25, 0.3) is 0 Å². The van der Waals surface area contributed by atoms with E-state index in [4.69, 9.17) is 22.5 Å². The largest absolute Gasteiger partial charge is 0.409 e. The molecule has 0 bridgehead atoms. The molecule has 0 aromatic heterocycles. The lowest BCUT2D eigenvalue weighted by Crippen LogP contribution is -2.18. The second-order valence-corrected chi connectivity index (χ2v) is 5.09. The predicted molar refractivity (Wildman–Crippen MR) is 87.8 cm³/mol. The summed E-state index contributed by atoms with van der Waals surface area (Å²) in [7, 11) is 0. The van der Waals surface area contributed by atoms with Crippen LogP contribution in [0.1, 0.15) is 18.1 Å². The topological polar surface area (TPSA) is 61.8 Å². The lowest BCUT2D eigenvalue weighted by Gasteiger charge is -2.25. The first-order valence-corrected chi connectivity index (χ1v) is 7.07. The molecule has 3 N–H and O–H groups in total. The van der Waals surface area contributed by atoms with Crippen molar-refractivity contribution in [2.24, 2.45) is 10.9 Å². The van der Waals surface area contributed by atoms with Gasteiger partial charge in [0.1, 0.15) is 0 Å². The molecule has 0 radical (unpaired) electrons. The van der Waals surface area contributed by atoms with Gasteiger partial charge in [-0.3, -0.25) is 0 Å². The molecule has 0 atom stereocenters. The number of hydrogen-bond donors (Lipinski definition) is 2. The van der Waals surface area contributed by atoms with E-state index in [0.717, 1.165) is 17.9 Å². The lowest BCUT2D eigenvalue weighted by molar-refractivity contribution is 0.318. The Morgan fingerprint density at radius 3 is 2.57 bits per heavy atom. The summed E-state index contributed by atoms with van der Waals surface area (Å²) >= 11 is 6.23. The van der Waals surface area contributed by atoms with Crippen molar-refractivity contribution in [3.63, 3.8) is 0 Å². The van der Waals surface area contributed by atoms with Crippen LogP contribution in [-0.2, 0) is 0 Å². The van der Waals surface area contributed by atoms with E-state index in [1.54, 1.807) is 6.07 Å². The molecule has 0 spiro atoms. The van der Waals surface area contributed by atoms with E-state index in [1.165, 1.54) is 5.56 Å². The minimum atomic E-state index is 0.00508.